The number of hydrogen-bond acceptors (Lipinski definition) is 8. The van der Waals surface area contributed by atoms with Crippen LogP contribution < -0.4 is 0 Å². The van der Waals surface area contributed by atoms with Crippen molar-refractivity contribution in [3.63, 3.8) is 0 Å². The van der Waals surface area contributed by atoms with Gasteiger partial charge in [0.15, 0.2) is 17.5 Å². The minimum atomic E-state index is -4.43. The number of halogens is 5. The molecule has 0 aromatic heterocycles. The van der Waals surface area contributed by atoms with Gasteiger partial charge in [0.1, 0.15) is 0 Å². The predicted molar refractivity (Wildman–Crippen MR) is 196 cm³/mol. The van der Waals surface area contributed by atoms with Gasteiger partial charge in [0.05, 0.1) is 24.6 Å². The van der Waals surface area contributed by atoms with Gasteiger partial charge in [-0.25, -0.2) is 18.6 Å². The van der Waals surface area contributed by atoms with E-state index in [2.05, 4.69) is 21.8 Å². The molecular formula is C39H40F5N5O4S. The number of rotatable bonds is 12. The normalized spacial score (nSPS) is 17.7. The number of benzene rings is 3. The molecule has 3 aromatic rings. The number of carbonyl (C=O) groups is 2. The molecule has 0 spiro atoms. The first kappa shape index (κ1) is 38.8. The first-order valence-electron chi connectivity index (χ1n) is 17.7. The van der Waals surface area contributed by atoms with Crippen LogP contribution in [0, 0.1) is 11.6 Å². The third-order valence-corrected chi connectivity index (χ3v) is 10.8. The van der Waals surface area contributed by atoms with Gasteiger partial charge in [0.2, 0.25) is 6.23 Å². The van der Waals surface area contributed by atoms with Crippen molar-refractivity contribution in [3.8, 4) is 11.1 Å². The highest BCUT2D eigenvalue weighted by atomic mass is 32.2. The van der Waals surface area contributed by atoms with Crippen LogP contribution in [-0.2, 0) is 26.3 Å². The molecule has 0 N–H and O–H groups in total. The van der Waals surface area contributed by atoms with Crippen LogP contribution in [0.25, 0.3) is 11.1 Å². The number of likely N-dealkylation sites (tertiary alicyclic amines) is 1. The standard InChI is InChI=1S/C39H40F5N5O4S/c1-3-52-38(51)47-20-18-30(19-21-47)49-34(46-53-37(49)27-12-10-25(11-13-27)26-14-16-29(17-15-26)39(42,43)44)22-48(33-9-5-7-31(33)36(50)45-2)24-54-23-28-6-4-8-32(40)35(28)41/h4,6,8,10-17,30,37H,2-3,5,7,9,18-24H2,1H3. The summed E-state index contributed by atoms with van der Waals surface area (Å²) < 4.78 is 73.2. The quantitative estimate of drug-likeness (QED) is 0.103. The van der Waals surface area contributed by atoms with Crippen molar-refractivity contribution in [3.05, 3.63) is 106 Å². The number of allylic oxidation sites excluding steroid dienone is 1. The fraction of sp³-hybridized carbons (Fsp3) is 0.385. The van der Waals surface area contributed by atoms with Gasteiger partial charge in [0.25, 0.3) is 5.91 Å². The maximum atomic E-state index is 14.5. The average molecular weight is 770 g/mol. The van der Waals surface area contributed by atoms with Crippen molar-refractivity contribution in [1.29, 1.82) is 0 Å². The Bertz CT molecular complexity index is 1900. The lowest BCUT2D eigenvalue weighted by Gasteiger charge is -2.40. The van der Waals surface area contributed by atoms with Gasteiger partial charge in [0, 0.05) is 47.3 Å². The number of nitrogens with zero attached hydrogens (tertiary/aromatic N) is 5. The molecule has 6 rings (SSSR count). The second-order valence-electron chi connectivity index (χ2n) is 13.1. The first-order chi connectivity index (χ1) is 26.0. The Morgan fingerprint density at radius 2 is 1.70 bits per heavy atom. The molecule has 3 aromatic carbocycles. The van der Waals surface area contributed by atoms with E-state index in [9.17, 15) is 31.5 Å². The number of carbonyl (C=O) groups excluding carboxylic acids is 2. The van der Waals surface area contributed by atoms with Crippen molar-refractivity contribution in [2.75, 3.05) is 32.1 Å². The zero-order valence-corrected chi connectivity index (χ0v) is 30.5. The fourth-order valence-electron chi connectivity index (χ4n) is 7.03. The first-order valence-corrected chi connectivity index (χ1v) is 18.8. The molecule has 2 heterocycles. The number of ether oxygens (including phenoxy) is 1. The zero-order valence-electron chi connectivity index (χ0n) is 29.7. The van der Waals surface area contributed by atoms with Gasteiger partial charge in [-0.2, -0.15) is 13.2 Å². The third kappa shape index (κ3) is 8.72. The summed E-state index contributed by atoms with van der Waals surface area (Å²) in [5.74, 6) is -1.15. The maximum Gasteiger partial charge on any atom is 0.416 e. The number of amidine groups is 1. The van der Waals surface area contributed by atoms with E-state index in [1.807, 2.05) is 29.2 Å². The summed E-state index contributed by atoms with van der Waals surface area (Å²) in [6.45, 7) is 6.57. The number of oxime groups is 1. The topological polar surface area (TPSA) is 87.0 Å². The van der Waals surface area contributed by atoms with Gasteiger partial charge in [-0.1, -0.05) is 53.7 Å². The Hall–Kier alpha value is -4.92. The molecule has 286 valence electrons. The number of hydrogen-bond donors (Lipinski definition) is 0. The molecule has 0 bridgehead atoms. The van der Waals surface area contributed by atoms with E-state index >= 15 is 0 Å². The maximum absolute atomic E-state index is 14.5. The summed E-state index contributed by atoms with van der Waals surface area (Å²) in [5, 5.41) is 4.57. The van der Waals surface area contributed by atoms with Gasteiger partial charge >= 0.3 is 12.3 Å². The lowest BCUT2D eigenvalue weighted by Crippen LogP contribution is -2.50. The Labute approximate surface area is 314 Å². The largest absolute Gasteiger partial charge is 0.450 e. The van der Waals surface area contributed by atoms with Gasteiger partial charge < -0.3 is 24.3 Å². The lowest BCUT2D eigenvalue weighted by molar-refractivity contribution is -0.137. The van der Waals surface area contributed by atoms with E-state index in [0.29, 0.717) is 61.6 Å². The minimum Gasteiger partial charge on any atom is -0.450 e. The Kier molecular flexibility index (Phi) is 12.2. The SMILES string of the molecule is C=NC(=O)C1=C(N(CSCc2cccc(F)c2F)CC2=NOC(c3ccc(-c4ccc(C(F)(F)F)cc4)cc3)N2C2CCN(C(=O)OCC)CC2)CCC1. The Balaban J connectivity index is 1.27. The van der Waals surface area contributed by atoms with Crippen LogP contribution in [-0.4, -0.2) is 77.4 Å². The molecule has 9 nitrogen and oxygen atoms in total. The lowest BCUT2D eigenvalue weighted by atomic mass is 9.99. The molecule has 1 fully saturated rings. The van der Waals surface area contributed by atoms with E-state index < -0.39 is 35.5 Å². The molecule has 3 aliphatic rings. The van der Waals surface area contributed by atoms with Gasteiger partial charge in [-0.15, -0.1) is 11.8 Å². The van der Waals surface area contributed by atoms with E-state index in [1.54, 1.807) is 11.8 Å². The molecule has 1 saturated heterocycles. The minimum absolute atomic E-state index is 0.110. The molecule has 0 radical (unpaired) electrons. The van der Waals surface area contributed by atoms with Crippen LogP contribution in [0.3, 0.4) is 0 Å². The highest BCUT2D eigenvalue weighted by Crippen LogP contribution is 2.38. The summed E-state index contributed by atoms with van der Waals surface area (Å²) in [6.07, 6.45) is -2.44. The Morgan fingerprint density at radius 3 is 2.35 bits per heavy atom. The summed E-state index contributed by atoms with van der Waals surface area (Å²) in [4.78, 5) is 40.9. The summed E-state index contributed by atoms with van der Waals surface area (Å²) in [7, 11) is 0. The van der Waals surface area contributed by atoms with Crippen LogP contribution in [0.1, 0.15) is 61.9 Å². The molecule has 1 unspecified atom stereocenters. The fourth-order valence-corrected chi connectivity index (χ4v) is 8.03. The van der Waals surface area contributed by atoms with Crippen LogP contribution in [0.15, 0.2) is 88.1 Å². The molecule has 0 saturated carbocycles. The van der Waals surface area contributed by atoms with Crippen molar-refractivity contribution in [2.24, 2.45) is 10.1 Å². The van der Waals surface area contributed by atoms with Gasteiger partial charge in [-0.05, 0) is 75.1 Å². The van der Waals surface area contributed by atoms with Crippen molar-refractivity contribution >= 4 is 36.3 Å². The van der Waals surface area contributed by atoms with E-state index in [4.69, 9.17) is 9.57 Å². The van der Waals surface area contributed by atoms with Gasteiger partial charge in [-0.3, -0.25) is 4.79 Å². The van der Waals surface area contributed by atoms with Crippen LogP contribution >= 0.6 is 11.8 Å². The summed E-state index contributed by atoms with van der Waals surface area (Å²) >= 11 is 1.37. The number of thioether (sulfide) groups is 1. The molecular weight excluding hydrogens is 730 g/mol. The number of alkyl halides is 3. The smallest absolute Gasteiger partial charge is 0.416 e. The summed E-state index contributed by atoms with van der Waals surface area (Å²) in [6, 6.07) is 16.3. The van der Waals surface area contributed by atoms with Crippen LogP contribution in [0.5, 0.6) is 0 Å². The van der Waals surface area contributed by atoms with Crippen LogP contribution in [0.4, 0.5) is 26.7 Å². The number of amides is 2. The zero-order chi connectivity index (χ0) is 38.4. The Morgan fingerprint density at radius 1 is 1.02 bits per heavy atom. The second-order valence-corrected chi connectivity index (χ2v) is 14.1. The molecule has 54 heavy (non-hydrogen) atoms. The number of aliphatic imine (C=N–C) groups is 1. The van der Waals surface area contributed by atoms with Crippen molar-refractivity contribution < 1.29 is 41.1 Å². The second kappa shape index (κ2) is 17.0. The van der Waals surface area contributed by atoms with E-state index in [0.717, 1.165) is 41.4 Å². The highest BCUT2D eigenvalue weighted by molar-refractivity contribution is 7.98. The van der Waals surface area contributed by atoms with E-state index in [1.165, 1.54) is 36.0 Å². The predicted octanol–water partition coefficient (Wildman–Crippen LogP) is 8.77. The molecule has 1 aliphatic carbocycles. The molecule has 1 atom stereocenters. The monoisotopic (exact) mass is 769 g/mol. The molecule has 15 heteroatoms. The highest BCUT2D eigenvalue weighted by Gasteiger charge is 2.40. The van der Waals surface area contributed by atoms with Crippen molar-refractivity contribution in [2.45, 2.75) is 63.2 Å². The van der Waals surface area contributed by atoms with Crippen molar-refractivity contribution in [1.82, 2.24) is 14.7 Å². The van der Waals surface area contributed by atoms with Crippen LogP contribution in [0.2, 0.25) is 0 Å². The number of piperidine rings is 1. The third-order valence-electron chi connectivity index (χ3n) is 9.77. The molecule has 2 amide bonds. The average Bonchev–Trinajstić information content (AvgIpc) is 3.84. The summed E-state index contributed by atoms with van der Waals surface area (Å²) in [5.41, 5.74) is 2.93. The molecule has 2 aliphatic heterocycles. The van der Waals surface area contributed by atoms with E-state index in [-0.39, 0.29) is 36.6 Å².